The van der Waals surface area contributed by atoms with Crippen LogP contribution in [0.2, 0.25) is 0 Å². The van der Waals surface area contributed by atoms with E-state index >= 15 is 0 Å². The number of amides is 1. The molecule has 17 unspecified atom stereocenters. The van der Waals surface area contributed by atoms with Gasteiger partial charge in [-0.3, -0.25) is 4.79 Å². The Kier molecular flexibility index (Phi) is 36.2. The van der Waals surface area contributed by atoms with Crippen molar-refractivity contribution < 1.29 is 89.4 Å². The summed E-state index contributed by atoms with van der Waals surface area (Å²) in [6.07, 6.45) is 17.4. The van der Waals surface area contributed by atoms with Crippen LogP contribution in [0.4, 0.5) is 0 Å². The monoisotopic (exact) mass is 1090 g/mol. The fraction of sp³-hybridized carbons (Fsp3) is 0.807. The lowest BCUT2D eigenvalue weighted by Gasteiger charge is -2.48. The molecule has 3 heterocycles. The first kappa shape index (κ1) is 67.8. The first-order chi connectivity index (χ1) is 36.8. The van der Waals surface area contributed by atoms with Crippen LogP contribution >= 0.6 is 0 Å². The van der Waals surface area contributed by atoms with E-state index in [1.54, 1.807) is 0 Å². The summed E-state index contributed by atoms with van der Waals surface area (Å²) in [6.45, 7) is 1.61. The molecule has 12 N–H and O–H groups in total. The molecule has 3 aliphatic heterocycles. The van der Waals surface area contributed by atoms with Crippen LogP contribution in [0, 0.1) is 0 Å². The SMILES string of the molecule is CC/C=C\C/C=C\C/C=C\C/C=C\C/C=C\CCCCCC(=O)NC(COC1OC(CO)C(OC2OC(CO)C(OC3OC(CO)C(O)C(O)C3O)C(O)C2O)C(O)C1O)C(O)CCCCCCCCCCCCCC. The number of rotatable bonds is 40. The molecule has 0 aromatic carbocycles. The van der Waals surface area contributed by atoms with Gasteiger partial charge in [-0.05, 0) is 57.8 Å². The molecule has 0 bridgehead atoms. The van der Waals surface area contributed by atoms with Crippen LogP contribution in [0.5, 0.6) is 0 Å². The minimum atomic E-state index is -1.98. The molecule has 0 aliphatic carbocycles. The number of hydrogen-bond acceptors (Lipinski definition) is 18. The van der Waals surface area contributed by atoms with E-state index in [9.17, 15) is 61.0 Å². The fourth-order valence-corrected chi connectivity index (χ4v) is 9.40. The average Bonchev–Trinajstić information content (AvgIpc) is 3.42. The van der Waals surface area contributed by atoms with Gasteiger partial charge in [-0.25, -0.2) is 0 Å². The Labute approximate surface area is 452 Å². The van der Waals surface area contributed by atoms with Gasteiger partial charge in [0.2, 0.25) is 5.91 Å². The molecule has 3 rings (SSSR count). The summed E-state index contributed by atoms with van der Waals surface area (Å²) in [4.78, 5) is 13.3. The predicted octanol–water partition coefficient (Wildman–Crippen LogP) is 4.09. The molecule has 440 valence electrons. The van der Waals surface area contributed by atoms with E-state index in [2.05, 4.69) is 79.9 Å². The molecule has 0 spiro atoms. The zero-order valence-corrected chi connectivity index (χ0v) is 45.5. The van der Waals surface area contributed by atoms with E-state index < -0.39 is 124 Å². The van der Waals surface area contributed by atoms with Gasteiger partial charge in [0.05, 0.1) is 38.6 Å². The summed E-state index contributed by atoms with van der Waals surface area (Å²) in [5.41, 5.74) is 0. The van der Waals surface area contributed by atoms with Crippen molar-refractivity contribution in [2.75, 3.05) is 26.4 Å². The summed E-state index contributed by atoms with van der Waals surface area (Å²) in [7, 11) is 0. The van der Waals surface area contributed by atoms with E-state index in [0.29, 0.717) is 12.8 Å². The van der Waals surface area contributed by atoms with Crippen LogP contribution in [-0.2, 0) is 33.2 Å². The van der Waals surface area contributed by atoms with E-state index in [-0.39, 0.29) is 18.9 Å². The van der Waals surface area contributed by atoms with Crippen LogP contribution in [-0.4, -0.2) is 193 Å². The fourth-order valence-electron chi connectivity index (χ4n) is 9.40. The number of carbonyl (C=O) groups excluding carboxylic acids is 1. The lowest BCUT2D eigenvalue weighted by Crippen LogP contribution is -2.66. The van der Waals surface area contributed by atoms with Crippen molar-refractivity contribution in [2.45, 2.75) is 266 Å². The Balaban J connectivity index is 1.52. The van der Waals surface area contributed by atoms with Gasteiger partial charge in [0.15, 0.2) is 18.9 Å². The minimum Gasteiger partial charge on any atom is -0.394 e. The molecule has 1 amide bonds. The Morgan fingerprint density at radius 1 is 0.487 bits per heavy atom. The smallest absolute Gasteiger partial charge is 0.220 e. The molecule has 19 heteroatoms. The minimum absolute atomic E-state index is 0.224. The van der Waals surface area contributed by atoms with Gasteiger partial charge in [-0.1, -0.05) is 158 Å². The van der Waals surface area contributed by atoms with Crippen LogP contribution in [0.15, 0.2) is 60.8 Å². The normalized spacial score (nSPS) is 31.4. The summed E-state index contributed by atoms with van der Waals surface area (Å²) in [5.74, 6) is -0.278. The molecule has 0 aromatic heterocycles. The second-order valence-corrected chi connectivity index (χ2v) is 20.4. The molecule has 3 fully saturated rings. The standard InChI is InChI=1S/C57H99NO18/c1-3-5-7-9-11-13-15-17-18-19-20-21-22-23-25-27-29-31-33-35-45(63)58-40(41(62)34-32-30-28-26-24-16-14-12-10-8-6-4-2)39-71-55-51(69)48(66)53(43(37-60)73-55)76-57-52(70)49(67)54(44(38-61)74-57)75-56-50(68)47(65)46(64)42(36-59)72-56/h5,7,11,13,17-18,20-21,23,25,40-44,46-57,59-62,64-70H,3-4,6,8-10,12,14-16,19,22,24,26-39H2,1-2H3,(H,58,63)/b7-5-,13-11-,18-17-,21-20-,25-23-. The van der Waals surface area contributed by atoms with Crippen molar-refractivity contribution >= 4 is 5.91 Å². The quantitative estimate of drug-likeness (QED) is 0.0304. The number of aliphatic hydroxyl groups excluding tert-OH is 11. The second-order valence-electron chi connectivity index (χ2n) is 20.4. The van der Waals surface area contributed by atoms with Gasteiger partial charge in [0, 0.05) is 6.42 Å². The highest BCUT2D eigenvalue weighted by Crippen LogP contribution is 2.33. The molecule has 0 aromatic rings. The zero-order valence-electron chi connectivity index (χ0n) is 45.5. The van der Waals surface area contributed by atoms with Crippen molar-refractivity contribution in [1.82, 2.24) is 5.32 Å². The molecule has 17 atom stereocenters. The lowest BCUT2D eigenvalue weighted by atomic mass is 9.96. The van der Waals surface area contributed by atoms with Gasteiger partial charge < -0.3 is 89.9 Å². The number of nitrogens with one attached hydrogen (secondary N) is 1. The highest BCUT2D eigenvalue weighted by Gasteiger charge is 2.53. The predicted molar refractivity (Wildman–Crippen MR) is 286 cm³/mol. The topological polar surface area (TPSA) is 307 Å². The zero-order chi connectivity index (χ0) is 55.5. The number of aliphatic hydroxyl groups is 11. The highest BCUT2D eigenvalue weighted by molar-refractivity contribution is 5.76. The van der Waals surface area contributed by atoms with Crippen molar-refractivity contribution in [3.8, 4) is 0 Å². The van der Waals surface area contributed by atoms with E-state index in [0.717, 1.165) is 77.0 Å². The first-order valence-electron chi connectivity index (χ1n) is 28.5. The Morgan fingerprint density at radius 2 is 0.908 bits per heavy atom. The molecule has 0 saturated carbocycles. The number of hydrogen-bond donors (Lipinski definition) is 12. The molecule has 3 saturated heterocycles. The number of unbranched alkanes of at least 4 members (excludes halogenated alkanes) is 14. The van der Waals surface area contributed by atoms with E-state index in [1.165, 1.54) is 51.4 Å². The highest BCUT2D eigenvalue weighted by atomic mass is 16.8. The average molecular weight is 1090 g/mol. The van der Waals surface area contributed by atoms with Crippen LogP contribution in [0.25, 0.3) is 0 Å². The summed E-state index contributed by atoms with van der Waals surface area (Å²) >= 11 is 0. The van der Waals surface area contributed by atoms with Gasteiger partial charge in [-0.15, -0.1) is 0 Å². The molecule has 3 aliphatic rings. The maximum absolute atomic E-state index is 13.3. The summed E-state index contributed by atoms with van der Waals surface area (Å²) < 4.78 is 34.2. The second kappa shape index (κ2) is 40.6. The third-order valence-corrected chi connectivity index (χ3v) is 14.1. The van der Waals surface area contributed by atoms with Gasteiger partial charge in [-0.2, -0.15) is 0 Å². The Bertz CT molecular complexity index is 1630. The van der Waals surface area contributed by atoms with E-state index in [4.69, 9.17) is 28.4 Å². The van der Waals surface area contributed by atoms with Crippen molar-refractivity contribution in [3.63, 3.8) is 0 Å². The number of allylic oxidation sites excluding steroid dienone is 10. The van der Waals surface area contributed by atoms with Crippen molar-refractivity contribution in [1.29, 1.82) is 0 Å². The molecule has 0 radical (unpaired) electrons. The summed E-state index contributed by atoms with van der Waals surface area (Å²) in [5, 5.41) is 120. The molecule has 76 heavy (non-hydrogen) atoms. The largest absolute Gasteiger partial charge is 0.394 e. The molecule has 19 nitrogen and oxygen atoms in total. The first-order valence-corrected chi connectivity index (χ1v) is 28.5. The summed E-state index contributed by atoms with van der Waals surface area (Å²) in [6, 6.07) is -0.906. The molecular formula is C57H99NO18. The van der Waals surface area contributed by atoms with Gasteiger partial charge in [0.1, 0.15) is 73.2 Å². The third kappa shape index (κ3) is 24.9. The van der Waals surface area contributed by atoms with E-state index in [1.807, 2.05) is 0 Å². The van der Waals surface area contributed by atoms with Crippen molar-refractivity contribution in [3.05, 3.63) is 60.8 Å². The van der Waals surface area contributed by atoms with Crippen LogP contribution < -0.4 is 5.32 Å². The maximum atomic E-state index is 13.3. The number of carbonyl (C=O) groups is 1. The van der Waals surface area contributed by atoms with Gasteiger partial charge >= 0.3 is 0 Å². The third-order valence-electron chi connectivity index (χ3n) is 14.1. The molecular weight excluding hydrogens is 987 g/mol. The van der Waals surface area contributed by atoms with Crippen molar-refractivity contribution in [2.24, 2.45) is 0 Å². The lowest BCUT2D eigenvalue weighted by molar-refractivity contribution is -0.379. The Morgan fingerprint density at radius 3 is 1.41 bits per heavy atom. The van der Waals surface area contributed by atoms with Crippen LogP contribution in [0.1, 0.15) is 162 Å². The number of ether oxygens (including phenoxy) is 6. The van der Waals surface area contributed by atoms with Crippen LogP contribution in [0.3, 0.4) is 0 Å². The Hall–Kier alpha value is -2.51. The maximum Gasteiger partial charge on any atom is 0.220 e. The van der Waals surface area contributed by atoms with Gasteiger partial charge in [0.25, 0.3) is 0 Å².